The van der Waals surface area contributed by atoms with Crippen LogP contribution in [0.4, 0.5) is 0 Å². The highest BCUT2D eigenvalue weighted by Crippen LogP contribution is 2.30. The summed E-state index contributed by atoms with van der Waals surface area (Å²) in [6.07, 6.45) is 3.96. The van der Waals surface area contributed by atoms with Gasteiger partial charge in [0.1, 0.15) is 11.5 Å². The lowest BCUT2D eigenvalue weighted by Crippen LogP contribution is -2.25. The Morgan fingerprint density at radius 3 is 2.73 bits per heavy atom. The van der Waals surface area contributed by atoms with Crippen molar-refractivity contribution in [2.45, 2.75) is 31.9 Å². The minimum atomic E-state index is 0.377. The Kier molecular flexibility index (Phi) is 3.11. The minimum absolute atomic E-state index is 0.377. The third kappa shape index (κ3) is 2.23. The van der Waals surface area contributed by atoms with Crippen molar-refractivity contribution in [1.29, 1.82) is 0 Å². The maximum Gasteiger partial charge on any atom is 0.127 e. The van der Waals surface area contributed by atoms with E-state index in [1.165, 1.54) is 6.42 Å². The van der Waals surface area contributed by atoms with E-state index in [1.807, 2.05) is 18.2 Å². The van der Waals surface area contributed by atoms with Gasteiger partial charge in [-0.25, -0.2) is 0 Å². The fraction of sp³-hybridized carbons (Fsp3) is 0.500. The maximum atomic E-state index is 5.85. The monoisotopic (exact) mass is 207 g/mol. The van der Waals surface area contributed by atoms with Crippen LogP contribution >= 0.6 is 0 Å². The second-order valence-corrected chi connectivity index (χ2v) is 3.85. The molecule has 0 aliphatic heterocycles. The van der Waals surface area contributed by atoms with Crippen LogP contribution in [0.1, 0.15) is 24.8 Å². The standard InChI is InChI=1S/C12H17NO2/c1-14-11-6-5-9(8-13)12(7-11)15-10-3-2-4-10/h5-7,10H,2-4,8,13H2,1H3. The van der Waals surface area contributed by atoms with Gasteiger partial charge in [-0.15, -0.1) is 0 Å². The topological polar surface area (TPSA) is 44.5 Å². The number of ether oxygens (including phenoxy) is 2. The van der Waals surface area contributed by atoms with Crippen molar-refractivity contribution in [3.63, 3.8) is 0 Å². The highest BCUT2D eigenvalue weighted by atomic mass is 16.5. The molecule has 0 spiro atoms. The molecule has 0 aromatic heterocycles. The molecule has 3 nitrogen and oxygen atoms in total. The molecule has 1 aromatic rings. The van der Waals surface area contributed by atoms with Crippen molar-refractivity contribution >= 4 is 0 Å². The van der Waals surface area contributed by atoms with E-state index in [4.69, 9.17) is 15.2 Å². The summed E-state index contributed by atoms with van der Waals surface area (Å²) in [6, 6.07) is 5.79. The Balaban J connectivity index is 2.16. The number of rotatable bonds is 4. The quantitative estimate of drug-likeness (QED) is 0.822. The number of nitrogens with two attached hydrogens (primary N) is 1. The maximum absolute atomic E-state index is 5.85. The minimum Gasteiger partial charge on any atom is -0.497 e. The molecular weight excluding hydrogens is 190 g/mol. The van der Waals surface area contributed by atoms with Gasteiger partial charge in [0.2, 0.25) is 0 Å². The smallest absolute Gasteiger partial charge is 0.127 e. The van der Waals surface area contributed by atoms with Crippen molar-refractivity contribution in [3.8, 4) is 11.5 Å². The van der Waals surface area contributed by atoms with Crippen LogP contribution in [0.15, 0.2) is 18.2 Å². The van der Waals surface area contributed by atoms with Crippen molar-refractivity contribution in [3.05, 3.63) is 23.8 Å². The summed E-state index contributed by atoms with van der Waals surface area (Å²) in [5, 5.41) is 0. The zero-order chi connectivity index (χ0) is 10.7. The summed E-state index contributed by atoms with van der Waals surface area (Å²) < 4.78 is 11.0. The normalized spacial score (nSPS) is 15.9. The summed E-state index contributed by atoms with van der Waals surface area (Å²) in [5.74, 6) is 1.70. The van der Waals surface area contributed by atoms with E-state index in [0.717, 1.165) is 29.9 Å². The predicted molar refractivity (Wildman–Crippen MR) is 59.2 cm³/mol. The van der Waals surface area contributed by atoms with Gasteiger partial charge in [0, 0.05) is 18.2 Å². The van der Waals surface area contributed by atoms with E-state index in [0.29, 0.717) is 12.6 Å². The molecule has 1 aromatic carbocycles. The summed E-state index contributed by atoms with van der Waals surface area (Å²) >= 11 is 0. The van der Waals surface area contributed by atoms with Crippen LogP contribution < -0.4 is 15.2 Å². The lowest BCUT2D eigenvalue weighted by atomic mass is 9.96. The third-order valence-electron chi connectivity index (χ3n) is 2.84. The van der Waals surface area contributed by atoms with Crippen LogP contribution in [0.3, 0.4) is 0 Å². The van der Waals surface area contributed by atoms with E-state index in [9.17, 15) is 0 Å². The van der Waals surface area contributed by atoms with Crippen LogP contribution in [-0.4, -0.2) is 13.2 Å². The first-order chi connectivity index (χ1) is 7.33. The number of hydrogen-bond acceptors (Lipinski definition) is 3. The molecule has 15 heavy (non-hydrogen) atoms. The van der Waals surface area contributed by atoms with E-state index in [-0.39, 0.29) is 0 Å². The molecule has 2 rings (SSSR count). The molecule has 1 aliphatic rings. The second kappa shape index (κ2) is 4.53. The Bertz CT molecular complexity index is 334. The number of methoxy groups -OCH3 is 1. The highest BCUT2D eigenvalue weighted by Gasteiger charge is 2.20. The van der Waals surface area contributed by atoms with Crippen LogP contribution in [0.25, 0.3) is 0 Å². The van der Waals surface area contributed by atoms with Gasteiger partial charge in [-0.05, 0) is 25.3 Å². The Hall–Kier alpha value is -1.22. The van der Waals surface area contributed by atoms with E-state index in [2.05, 4.69) is 0 Å². The molecule has 0 bridgehead atoms. The fourth-order valence-electron chi connectivity index (χ4n) is 1.61. The van der Waals surface area contributed by atoms with Crippen LogP contribution in [0.2, 0.25) is 0 Å². The second-order valence-electron chi connectivity index (χ2n) is 3.85. The molecule has 0 radical (unpaired) electrons. The van der Waals surface area contributed by atoms with Gasteiger partial charge in [-0.2, -0.15) is 0 Å². The van der Waals surface area contributed by atoms with Crippen LogP contribution in [0.5, 0.6) is 11.5 Å². The molecule has 1 fully saturated rings. The molecule has 0 heterocycles. The van der Waals surface area contributed by atoms with Gasteiger partial charge in [-0.1, -0.05) is 6.07 Å². The molecule has 3 heteroatoms. The SMILES string of the molecule is COc1ccc(CN)c(OC2CCC2)c1. The van der Waals surface area contributed by atoms with Gasteiger partial charge in [0.15, 0.2) is 0 Å². The first kappa shape index (κ1) is 10.3. The summed E-state index contributed by atoms with van der Waals surface area (Å²) in [5.41, 5.74) is 6.70. The molecule has 0 amide bonds. The molecule has 1 saturated carbocycles. The Morgan fingerprint density at radius 1 is 1.40 bits per heavy atom. The van der Waals surface area contributed by atoms with Gasteiger partial charge >= 0.3 is 0 Å². The van der Waals surface area contributed by atoms with Crippen LogP contribution in [-0.2, 0) is 6.54 Å². The van der Waals surface area contributed by atoms with Crippen molar-refractivity contribution in [1.82, 2.24) is 0 Å². The van der Waals surface area contributed by atoms with E-state index >= 15 is 0 Å². The van der Waals surface area contributed by atoms with E-state index < -0.39 is 0 Å². The first-order valence-electron chi connectivity index (χ1n) is 5.37. The summed E-state index contributed by atoms with van der Waals surface area (Å²) in [7, 11) is 1.66. The number of benzene rings is 1. The average Bonchev–Trinajstić information content (AvgIpc) is 2.23. The molecule has 0 saturated heterocycles. The molecule has 1 aliphatic carbocycles. The molecule has 0 unspecified atom stereocenters. The average molecular weight is 207 g/mol. The Morgan fingerprint density at radius 2 is 2.20 bits per heavy atom. The fourth-order valence-corrected chi connectivity index (χ4v) is 1.61. The predicted octanol–water partition coefficient (Wildman–Crippen LogP) is 2.09. The van der Waals surface area contributed by atoms with Gasteiger partial charge in [0.05, 0.1) is 13.2 Å². The third-order valence-corrected chi connectivity index (χ3v) is 2.84. The van der Waals surface area contributed by atoms with Crippen molar-refractivity contribution in [2.75, 3.05) is 7.11 Å². The van der Waals surface area contributed by atoms with Crippen molar-refractivity contribution < 1.29 is 9.47 Å². The van der Waals surface area contributed by atoms with Gasteiger partial charge in [0.25, 0.3) is 0 Å². The molecular formula is C12H17NO2. The first-order valence-corrected chi connectivity index (χ1v) is 5.37. The zero-order valence-electron chi connectivity index (χ0n) is 9.03. The Labute approximate surface area is 90.2 Å². The van der Waals surface area contributed by atoms with Gasteiger partial charge < -0.3 is 15.2 Å². The number of hydrogen-bond donors (Lipinski definition) is 1. The summed E-state index contributed by atoms with van der Waals surface area (Å²) in [6.45, 7) is 0.506. The summed E-state index contributed by atoms with van der Waals surface area (Å²) in [4.78, 5) is 0. The molecule has 0 atom stereocenters. The largest absolute Gasteiger partial charge is 0.497 e. The van der Waals surface area contributed by atoms with Gasteiger partial charge in [-0.3, -0.25) is 0 Å². The zero-order valence-corrected chi connectivity index (χ0v) is 9.03. The lowest BCUT2D eigenvalue weighted by Gasteiger charge is -2.27. The molecule has 2 N–H and O–H groups in total. The van der Waals surface area contributed by atoms with Crippen molar-refractivity contribution in [2.24, 2.45) is 5.73 Å². The highest BCUT2D eigenvalue weighted by molar-refractivity contribution is 5.40. The molecule has 82 valence electrons. The van der Waals surface area contributed by atoms with Crippen LogP contribution in [0, 0.1) is 0 Å². The van der Waals surface area contributed by atoms with E-state index in [1.54, 1.807) is 7.11 Å². The lowest BCUT2D eigenvalue weighted by molar-refractivity contribution is 0.118.